The van der Waals surface area contributed by atoms with Gasteiger partial charge in [-0.25, -0.2) is 26.5 Å². The molecule has 1 aromatic heterocycles. The number of carbonyl (C=O) groups excluding carboxylic acids is 1. The van der Waals surface area contributed by atoms with Gasteiger partial charge in [0.15, 0.2) is 0 Å². The molecule has 0 amide bonds. The SMILES string of the molecule is COC(=O)[C@@H]1C2CCC(CC2)[C@H]1Nc1cc(C2CN(S(=O)(=O)c3ccc(C)cc3)c3ncc(F)cc32)c(C#N)cc1F. The molecule has 7 rings (SSSR count). The highest BCUT2D eigenvalue weighted by Gasteiger charge is 2.48. The van der Waals surface area contributed by atoms with Crippen molar-refractivity contribution in [3.63, 3.8) is 0 Å². The smallest absolute Gasteiger partial charge is 0.311 e. The van der Waals surface area contributed by atoms with Crippen LogP contribution in [0.15, 0.2) is 53.6 Å². The molecule has 3 aliphatic carbocycles. The van der Waals surface area contributed by atoms with E-state index in [1.54, 1.807) is 12.1 Å². The predicted molar refractivity (Wildman–Crippen MR) is 151 cm³/mol. The van der Waals surface area contributed by atoms with Gasteiger partial charge in [-0.15, -0.1) is 0 Å². The maximum atomic E-state index is 15.5. The number of nitrogens with zero attached hydrogens (tertiary/aromatic N) is 3. The Kier molecular flexibility index (Phi) is 7.13. The summed E-state index contributed by atoms with van der Waals surface area (Å²) in [6.45, 7) is 1.69. The number of fused-ring (bicyclic) bond motifs is 4. The second-order valence-corrected chi connectivity index (χ2v) is 13.3. The minimum atomic E-state index is -4.08. The molecule has 3 saturated carbocycles. The van der Waals surface area contributed by atoms with Gasteiger partial charge in [-0.05, 0) is 80.3 Å². The molecule has 3 aromatic rings. The molecule has 3 fully saturated rings. The molecular formula is C31H30F2N4O4S. The number of esters is 1. The molecule has 8 nitrogen and oxygen atoms in total. The van der Waals surface area contributed by atoms with Crippen molar-refractivity contribution in [2.75, 3.05) is 23.3 Å². The Bertz CT molecular complexity index is 1700. The van der Waals surface area contributed by atoms with Gasteiger partial charge >= 0.3 is 5.97 Å². The number of rotatable bonds is 6. The fraction of sp³-hybridized carbons (Fsp3) is 0.387. The van der Waals surface area contributed by atoms with Gasteiger partial charge in [-0.2, -0.15) is 5.26 Å². The molecule has 1 N–H and O–H groups in total. The number of hydrogen-bond acceptors (Lipinski definition) is 7. The number of hydrogen-bond donors (Lipinski definition) is 1. The van der Waals surface area contributed by atoms with Crippen molar-refractivity contribution in [3.05, 3.63) is 82.5 Å². The van der Waals surface area contributed by atoms with Crippen LogP contribution < -0.4 is 9.62 Å². The topological polar surface area (TPSA) is 112 Å². The van der Waals surface area contributed by atoms with Crippen LogP contribution in [0.25, 0.3) is 0 Å². The van der Waals surface area contributed by atoms with Crippen molar-refractivity contribution in [3.8, 4) is 6.07 Å². The first kappa shape index (κ1) is 28.1. The third kappa shape index (κ3) is 4.67. The molecule has 1 unspecified atom stereocenters. The number of sulfonamides is 1. The van der Waals surface area contributed by atoms with E-state index in [-0.39, 0.29) is 57.9 Å². The van der Waals surface area contributed by atoms with Crippen molar-refractivity contribution in [2.45, 2.75) is 49.5 Å². The summed E-state index contributed by atoms with van der Waals surface area (Å²) in [5.74, 6) is -2.54. The molecule has 1 aliphatic heterocycles. The number of aryl methyl sites for hydroxylation is 1. The van der Waals surface area contributed by atoms with Crippen LogP contribution in [0.5, 0.6) is 0 Å². The zero-order chi connectivity index (χ0) is 29.8. The average Bonchev–Trinajstić information content (AvgIpc) is 3.37. The molecule has 2 bridgehead atoms. The van der Waals surface area contributed by atoms with E-state index in [1.807, 2.05) is 13.0 Å². The van der Waals surface area contributed by atoms with E-state index in [1.165, 1.54) is 31.4 Å². The van der Waals surface area contributed by atoms with Crippen molar-refractivity contribution in [2.24, 2.45) is 17.8 Å². The lowest BCUT2D eigenvalue weighted by Crippen LogP contribution is -2.51. The molecule has 11 heteroatoms. The Labute approximate surface area is 243 Å². The highest BCUT2D eigenvalue weighted by atomic mass is 32.2. The number of nitriles is 1. The monoisotopic (exact) mass is 592 g/mol. The lowest BCUT2D eigenvalue weighted by molar-refractivity contribution is -0.152. The van der Waals surface area contributed by atoms with Crippen LogP contribution in [0.4, 0.5) is 20.3 Å². The van der Waals surface area contributed by atoms with Gasteiger partial charge in [0.05, 0.1) is 41.4 Å². The summed E-state index contributed by atoms with van der Waals surface area (Å²) >= 11 is 0. The maximum absolute atomic E-state index is 15.5. The summed E-state index contributed by atoms with van der Waals surface area (Å²) in [6.07, 6.45) is 4.59. The number of ether oxygens (including phenoxy) is 1. The van der Waals surface area contributed by atoms with Crippen LogP contribution in [-0.4, -0.2) is 39.1 Å². The first-order chi connectivity index (χ1) is 20.1. The summed E-state index contributed by atoms with van der Waals surface area (Å²) in [5.41, 5.74) is 1.61. The summed E-state index contributed by atoms with van der Waals surface area (Å²) in [5, 5.41) is 13.2. The number of aromatic nitrogens is 1. The lowest BCUT2D eigenvalue weighted by atomic mass is 9.61. The number of carbonyl (C=O) groups is 1. The average molecular weight is 593 g/mol. The lowest BCUT2D eigenvalue weighted by Gasteiger charge is -2.47. The van der Waals surface area contributed by atoms with E-state index >= 15 is 4.39 Å². The van der Waals surface area contributed by atoms with E-state index in [0.717, 1.165) is 47.8 Å². The third-order valence-corrected chi connectivity index (χ3v) is 10.9. The number of halogens is 2. The molecule has 3 atom stereocenters. The van der Waals surface area contributed by atoms with Crippen LogP contribution in [-0.2, 0) is 19.6 Å². The van der Waals surface area contributed by atoms with Crippen molar-refractivity contribution >= 4 is 27.5 Å². The zero-order valence-electron chi connectivity index (χ0n) is 23.2. The van der Waals surface area contributed by atoms with Crippen molar-refractivity contribution in [1.82, 2.24) is 4.98 Å². The van der Waals surface area contributed by atoms with E-state index < -0.39 is 33.5 Å². The third-order valence-electron chi connectivity index (χ3n) is 9.08. The molecule has 4 aliphatic rings. The zero-order valence-corrected chi connectivity index (χ0v) is 24.0. The van der Waals surface area contributed by atoms with Gasteiger partial charge in [0, 0.05) is 24.1 Å². The number of methoxy groups -OCH3 is 1. The predicted octanol–water partition coefficient (Wildman–Crippen LogP) is 5.27. The summed E-state index contributed by atoms with van der Waals surface area (Å²) < 4.78 is 63.6. The first-order valence-electron chi connectivity index (χ1n) is 13.9. The van der Waals surface area contributed by atoms with E-state index in [9.17, 15) is 22.9 Å². The number of anilines is 2. The minimum Gasteiger partial charge on any atom is -0.469 e. The summed E-state index contributed by atoms with van der Waals surface area (Å²) in [4.78, 5) is 16.9. The quantitative estimate of drug-likeness (QED) is 0.388. The van der Waals surface area contributed by atoms with E-state index in [0.29, 0.717) is 5.56 Å². The van der Waals surface area contributed by atoms with Crippen LogP contribution in [0.3, 0.4) is 0 Å². The van der Waals surface area contributed by atoms with Crippen LogP contribution in [0, 0.1) is 47.6 Å². The number of benzene rings is 2. The standard InChI is InChI=1S/C31H30F2N4O4S/c1-17-3-9-22(10-4-17)42(39,40)37-16-25(24-12-21(32)15-35-30(24)37)23-13-27(26(33)11-20(23)14-34)36-29-19-7-5-18(6-8-19)28(29)31(38)41-2/h3-4,9-13,15,18-19,25,28-29,36H,5-8,16H2,1-2H3/t18?,19?,25?,28-,29-/m1/s1. The van der Waals surface area contributed by atoms with Gasteiger partial charge in [0.25, 0.3) is 10.0 Å². The van der Waals surface area contributed by atoms with Gasteiger partial charge in [-0.3, -0.25) is 4.79 Å². The van der Waals surface area contributed by atoms with Crippen LogP contribution in [0.1, 0.15) is 53.9 Å². The van der Waals surface area contributed by atoms with Gasteiger partial charge in [0.2, 0.25) is 0 Å². The summed E-state index contributed by atoms with van der Waals surface area (Å²) in [6, 6.07) is 11.8. The van der Waals surface area contributed by atoms with Gasteiger partial charge in [0.1, 0.15) is 17.5 Å². The Balaban J connectivity index is 1.41. The number of pyridine rings is 1. The Hall–Kier alpha value is -4.04. The molecule has 2 heterocycles. The molecule has 218 valence electrons. The Morgan fingerprint density at radius 3 is 2.43 bits per heavy atom. The van der Waals surface area contributed by atoms with Crippen molar-refractivity contribution in [1.29, 1.82) is 5.26 Å². The second-order valence-electron chi connectivity index (χ2n) is 11.4. The second kappa shape index (κ2) is 10.7. The van der Waals surface area contributed by atoms with Gasteiger partial charge in [-0.1, -0.05) is 17.7 Å². The first-order valence-corrected chi connectivity index (χ1v) is 15.4. The number of nitrogens with one attached hydrogen (secondary N) is 1. The van der Waals surface area contributed by atoms with Crippen LogP contribution in [0.2, 0.25) is 0 Å². The Morgan fingerprint density at radius 1 is 1.07 bits per heavy atom. The van der Waals surface area contributed by atoms with Crippen molar-refractivity contribution < 1.29 is 26.7 Å². The highest BCUT2D eigenvalue weighted by molar-refractivity contribution is 7.92. The highest BCUT2D eigenvalue weighted by Crippen LogP contribution is 2.48. The fourth-order valence-corrected chi connectivity index (χ4v) is 8.44. The fourth-order valence-electron chi connectivity index (χ4n) is 6.98. The summed E-state index contributed by atoms with van der Waals surface area (Å²) in [7, 11) is -2.73. The molecule has 42 heavy (non-hydrogen) atoms. The molecule has 2 aromatic carbocycles. The normalized spacial score (nSPS) is 24.6. The molecule has 0 spiro atoms. The minimum absolute atomic E-state index is 0.00234. The van der Waals surface area contributed by atoms with Crippen LogP contribution >= 0.6 is 0 Å². The molecular weight excluding hydrogens is 562 g/mol. The molecule has 0 saturated heterocycles. The van der Waals surface area contributed by atoms with E-state index in [2.05, 4.69) is 10.3 Å². The largest absolute Gasteiger partial charge is 0.469 e. The Morgan fingerprint density at radius 2 is 1.76 bits per heavy atom. The van der Waals surface area contributed by atoms with E-state index in [4.69, 9.17) is 4.74 Å². The molecule has 0 radical (unpaired) electrons. The van der Waals surface area contributed by atoms with Gasteiger partial charge < -0.3 is 10.1 Å². The maximum Gasteiger partial charge on any atom is 0.311 e.